The van der Waals surface area contributed by atoms with Crippen molar-refractivity contribution in [2.45, 2.75) is 11.0 Å². The van der Waals surface area contributed by atoms with E-state index in [2.05, 4.69) is 4.98 Å². The van der Waals surface area contributed by atoms with E-state index in [0.29, 0.717) is 25.3 Å². The van der Waals surface area contributed by atoms with Crippen molar-refractivity contribution in [3.05, 3.63) is 59.9 Å². The van der Waals surface area contributed by atoms with Crippen molar-refractivity contribution in [1.82, 2.24) is 9.88 Å². The summed E-state index contributed by atoms with van der Waals surface area (Å²) in [5, 5.41) is 5.06. The van der Waals surface area contributed by atoms with Gasteiger partial charge in [0.15, 0.2) is 0 Å². The molecule has 0 radical (unpaired) electrons. The van der Waals surface area contributed by atoms with Crippen LogP contribution in [-0.2, 0) is 14.8 Å². The molecule has 1 aromatic carbocycles. The monoisotopic (exact) mass is 347 g/mol. The minimum atomic E-state index is -3.77. The van der Waals surface area contributed by atoms with Crippen LogP contribution in [0.2, 0.25) is 0 Å². The van der Waals surface area contributed by atoms with Crippen LogP contribution >= 0.6 is 0 Å². The quantitative estimate of drug-likeness (QED) is 0.890. The van der Waals surface area contributed by atoms with Gasteiger partial charge in [0.2, 0.25) is 10.0 Å². The maximum absolute atomic E-state index is 12.6. The van der Waals surface area contributed by atoms with Crippen molar-refractivity contribution in [2.75, 3.05) is 19.7 Å². The molecule has 0 aliphatic carbocycles. The lowest BCUT2D eigenvalue weighted by atomic mass is 10.1. The van der Waals surface area contributed by atoms with E-state index in [9.17, 15) is 13.2 Å². The largest absolute Gasteiger partial charge is 0.370 e. The number of hydrogen-bond acceptors (Lipinski definition) is 5. The van der Waals surface area contributed by atoms with Crippen molar-refractivity contribution in [2.24, 2.45) is 5.14 Å². The summed E-state index contributed by atoms with van der Waals surface area (Å²) >= 11 is 0. The molecular formula is C16H17N3O4S. The third kappa shape index (κ3) is 3.61. The number of aromatic nitrogens is 1. The summed E-state index contributed by atoms with van der Waals surface area (Å²) in [6.45, 7) is 1.33. The Morgan fingerprint density at radius 2 is 2.00 bits per heavy atom. The molecule has 0 unspecified atom stereocenters. The van der Waals surface area contributed by atoms with Gasteiger partial charge >= 0.3 is 0 Å². The third-order valence-electron chi connectivity index (χ3n) is 3.84. The van der Waals surface area contributed by atoms with Crippen LogP contribution in [-0.4, -0.2) is 43.9 Å². The number of hydrogen-bond donors (Lipinski definition) is 1. The van der Waals surface area contributed by atoms with Crippen molar-refractivity contribution in [1.29, 1.82) is 0 Å². The standard InChI is InChI=1S/C16H17N3O4S/c17-24(21,22)14-5-3-12(4-6-14)16(20)19-8-9-23-15(11-19)13-2-1-7-18-10-13/h1-7,10,15H,8-9,11H2,(H2,17,21,22)/t15-/m1/s1. The second kappa shape index (κ2) is 6.68. The van der Waals surface area contributed by atoms with Crippen LogP contribution in [0, 0.1) is 0 Å². The number of nitrogens with zero attached hydrogens (tertiary/aromatic N) is 2. The Kier molecular flexibility index (Phi) is 4.61. The van der Waals surface area contributed by atoms with Crippen LogP contribution in [0.5, 0.6) is 0 Å². The molecule has 8 heteroatoms. The summed E-state index contributed by atoms with van der Waals surface area (Å²) in [5.74, 6) is -0.173. The Balaban J connectivity index is 1.75. The van der Waals surface area contributed by atoms with Gasteiger partial charge < -0.3 is 9.64 Å². The molecule has 1 saturated heterocycles. The number of carbonyl (C=O) groups is 1. The van der Waals surface area contributed by atoms with Gasteiger partial charge in [-0.2, -0.15) is 0 Å². The number of benzene rings is 1. The molecule has 24 heavy (non-hydrogen) atoms. The normalized spacial score (nSPS) is 18.4. The number of pyridine rings is 1. The van der Waals surface area contributed by atoms with Gasteiger partial charge in [-0.25, -0.2) is 13.6 Å². The average Bonchev–Trinajstić information content (AvgIpc) is 2.61. The first-order chi connectivity index (χ1) is 11.4. The van der Waals surface area contributed by atoms with Gasteiger partial charge in [-0.1, -0.05) is 6.07 Å². The molecule has 1 aliphatic rings. The zero-order chi connectivity index (χ0) is 17.2. The topological polar surface area (TPSA) is 103 Å². The lowest BCUT2D eigenvalue weighted by Crippen LogP contribution is -2.42. The summed E-state index contributed by atoms with van der Waals surface area (Å²) in [6, 6.07) is 9.34. The molecule has 7 nitrogen and oxygen atoms in total. The molecule has 0 saturated carbocycles. The highest BCUT2D eigenvalue weighted by Gasteiger charge is 2.26. The number of carbonyl (C=O) groups excluding carboxylic acids is 1. The zero-order valence-corrected chi connectivity index (χ0v) is 13.6. The summed E-state index contributed by atoms with van der Waals surface area (Å²) in [5.41, 5.74) is 1.33. The number of morpholine rings is 1. The van der Waals surface area contributed by atoms with E-state index in [-0.39, 0.29) is 16.9 Å². The second-order valence-electron chi connectivity index (χ2n) is 5.47. The van der Waals surface area contributed by atoms with E-state index in [0.717, 1.165) is 5.56 Å². The molecule has 2 N–H and O–H groups in total. The molecule has 126 valence electrons. The van der Waals surface area contributed by atoms with Gasteiger partial charge in [-0.05, 0) is 30.3 Å². The van der Waals surface area contributed by atoms with Crippen LogP contribution in [0.25, 0.3) is 0 Å². The van der Waals surface area contributed by atoms with Crippen molar-refractivity contribution < 1.29 is 17.9 Å². The fraction of sp³-hybridized carbons (Fsp3) is 0.250. The van der Waals surface area contributed by atoms with Crippen LogP contribution in [0.1, 0.15) is 22.0 Å². The van der Waals surface area contributed by atoms with E-state index in [1.165, 1.54) is 24.3 Å². The minimum Gasteiger partial charge on any atom is -0.370 e. The first-order valence-corrected chi connectivity index (χ1v) is 8.93. The number of sulfonamides is 1. The van der Waals surface area contributed by atoms with E-state index in [1.807, 2.05) is 12.1 Å². The molecule has 1 amide bonds. The Morgan fingerprint density at radius 1 is 1.25 bits per heavy atom. The summed E-state index contributed by atoms with van der Waals surface area (Å²) in [7, 11) is -3.77. The van der Waals surface area contributed by atoms with E-state index in [1.54, 1.807) is 17.3 Å². The highest BCUT2D eigenvalue weighted by Crippen LogP contribution is 2.22. The van der Waals surface area contributed by atoms with Gasteiger partial charge in [0.25, 0.3) is 5.91 Å². The zero-order valence-electron chi connectivity index (χ0n) is 12.8. The number of rotatable bonds is 3. The molecular weight excluding hydrogens is 330 g/mol. The minimum absolute atomic E-state index is 0.0192. The lowest BCUT2D eigenvalue weighted by Gasteiger charge is -2.33. The number of amides is 1. The predicted octanol–water partition coefficient (Wildman–Crippen LogP) is 0.943. The molecule has 1 aliphatic heterocycles. The highest BCUT2D eigenvalue weighted by atomic mass is 32.2. The van der Waals surface area contributed by atoms with Gasteiger partial charge in [-0.15, -0.1) is 0 Å². The number of nitrogens with two attached hydrogens (primary N) is 1. The van der Waals surface area contributed by atoms with Gasteiger partial charge in [0.1, 0.15) is 6.10 Å². The second-order valence-corrected chi connectivity index (χ2v) is 7.03. The Bertz CT molecular complexity index is 822. The van der Waals surface area contributed by atoms with Crippen molar-refractivity contribution in [3.63, 3.8) is 0 Å². The maximum atomic E-state index is 12.6. The molecule has 1 aromatic heterocycles. The molecule has 1 atom stereocenters. The van der Waals surface area contributed by atoms with Crippen LogP contribution < -0.4 is 5.14 Å². The van der Waals surface area contributed by atoms with Gasteiger partial charge in [0, 0.05) is 30.1 Å². The molecule has 2 heterocycles. The Hall–Kier alpha value is -2.29. The SMILES string of the molecule is NS(=O)(=O)c1ccc(C(=O)N2CCO[C@@H](c3cccnc3)C2)cc1. The molecule has 3 rings (SSSR count). The third-order valence-corrected chi connectivity index (χ3v) is 4.77. The van der Waals surface area contributed by atoms with Crippen molar-refractivity contribution >= 4 is 15.9 Å². The summed E-state index contributed by atoms with van der Waals surface area (Å²) < 4.78 is 28.3. The predicted molar refractivity (Wildman–Crippen MR) is 86.6 cm³/mol. The molecule has 1 fully saturated rings. The van der Waals surface area contributed by atoms with Crippen LogP contribution in [0.3, 0.4) is 0 Å². The summed E-state index contributed by atoms with van der Waals surface area (Å²) in [6.07, 6.45) is 3.18. The van der Waals surface area contributed by atoms with E-state index in [4.69, 9.17) is 9.88 Å². The first-order valence-electron chi connectivity index (χ1n) is 7.39. The lowest BCUT2D eigenvalue weighted by molar-refractivity contribution is -0.0229. The first kappa shape index (κ1) is 16.6. The molecule has 0 bridgehead atoms. The average molecular weight is 347 g/mol. The van der Waals surface area contributed by atoms with E-state index >= 15 is 0 Å². The van der Waals surface area contributed by atoms with Crippen LogP contribution in [0.15, 0.2) is 53.7 Å². The number of primary sulfonamides is 1. The molecule has 0 spiro atoms. The summed E-state index contributed by atoms with van der Waals surface area (Å²) in [4.78, 5) is 18.3. The maximum Gasteiger partial charge on any atom is 0.254 e. The van der Waals surface area contributed by atoms with Crippen LogP contribution in [0.4, 0.5) is 0 Å². The highest BCUT2D eigenvalue weighted by molar-refractivity contribution is 7.89. The number of ether oxygens (including phenoxy) is 1. The van der Waals surface area contributed by atoms with Crippen molar-refractivity contribution in [3.8, 4) is 0 Å². The van der Waals surface area contributed by atoms with Gasteiger partial charge in [0.05, 0.1) is 18.0 Å². The molecule has 2 aromatic rings. The fourth-order valence-corrected chi connectivity index (χ4v) is 3.09. The van der Waals surface area contributed by atoms with Gasteiger partial charge in [-0.3, -0.25) is 9.78 Å². The Labute approximate surface area is 140 Å². The van der Waals surface area contributed by atoms with E-state index < -0.39 is 10.0 Å². The smallest absolute Gasteiger partial charge is 0.254 e. The Morgan fingerprint density at radius 3 is 2.62 bits per heavy atom. The fourth-order valence-electron chi connectivity index (χ4n) is 2.57.